The van der Waals surface area contributed by atoms with Crippen LogP contribution in [0.4, 0.5) is 5.82 Å². The van der Waals surface area contributed by atoms with Gasteiger partial charge in [0.05, 0.1) is 17.4 Å². The van der Waals surface area contributed by atoms with Gasteiger partial charge < -0.3 is 31.1 Å². The van der Waals surface area contributed by atoms with E-state index in [2.05, 4.69) is 77.7 Å². The summed E-state index contributed by atoms with van der Waals surface area (Å²) in [7, 11) is 0. The van der Waals surface area contributed by atoms with Crippen LogP contribution in [0.3, 0.4) is 0 Å². The van der Waals surface area contributed by atoms with Crippen molar-refractivity contribution in [3.63, 3.8) is 0 Å². The summed E-state index contributed by atoms with van der Waals surface area (Å²) < 4.78 is 7.86. The maximum Gasteiger partial charge on any atom is 0.167 e. The van der Waals surface area contributed by atoms with E-state index in [-0.39, 0.29) is 22.8 Å². The number of nitrogens with two attached hydrogens (primary N) is 1. The van der Waals surface area contributed by atoms with Crippen molar-refractivity contribution in [3.05, 3.63) is 42.2 Å². The number of aromatic nitrogens is 6. The number of hydrogen-bond donors (Lipinski definition) is 4. The highest BCUT2D eigenvalue weighted by molar-refractivity contribution is 5.81. The molecule has 42 heavy (non-hydrogen) atoms. The number of benzene rings is 1. The molecule has 7 N–H and O–H groups in total. The Morgan fingerprint density at radius 3 is 2.62 bits per heavy atom. The molecule has 6 rings (SSSR count). The van der Waals surface area contributed by atoms with Crippen LogP contribution >= 0.6 is 0 Å². The monoisotopic (exact) mass is 580 g/mol. The van der Waals surface area contributed by atoms with E-state index in [9.17, 15) is 10.2 Å². The maximum absolute atomic E-state index is 10.9. The van der Waals surface area contributed by atoms with Crippen LogP contribution in [-0.4, -0.2) is 87.0 Å². The van der Waals surface area contributed by atoms with Crippen molar-refractivity contribution in [2.75, 3.05) is 12.3 Å². The number of aryl methyl sites for hydroxylation is 1. The molecular weight excluding hydrogens is 536 g/mol. The summed E-state index contributed by atoms with van der Waals surface area (Å²) in [6.45, 7) is 11.6. The minimum Gasteiger partial charge on any atom is -0.412 e. The molecule has 2 aliphatic rings. The standard InChI is InChI=1S/C30H42N8O3.H2O/c1-16(2)37(13-22-25(39)26(40)29(41-22)38-15-34-24-27(31)32-14-33-28(24)38)19-10-17(11-19)6-9-23-35-20-8-7-18(30(3,4)5)12-21(20)36-23;/h7-8,12,14-17,19,22,25-26,29,39-40H,6,9-11,13H2,1-5H3,(H,35,36)(H2,31,32,33);1H2/t17-,19-,22-,25+,26+,29-;/m1./s1. The SMILES string of the molecule is CC(C)N(C[C@H]1O[C@@H](n2cnc3c(N)ncnc32)[C@@H](O)[C@H]1O)[C@H]1C[C@H](CCc2nc3cc(C(C)(C)C)ccc3[nH]2)C1.O. The molecule has 0 radical (unpaired) electrons. The summed E-state index contributed by atoms with van der Waals surface area (Å²) in [4.78, 5) is 23.3. The minimum atomic E-state index is -1.11. The van der Waals surface area contributed by atoms with E-state index in [4.69, 9.17) is 15.5 Å². The zero-order valence-electron chi connectivity index (χ0n) is 25.0. The number of aliphatic hydroxyl groups is 2. The molecule has 0 spiro atoms. The summed E-state index contributed by atoms with van der Waals surface area (Å²) in [6, 6.07) is 7.23. The van der Waals surface area contributed by atoms with E-state index in [0.717, 1.165) is 42.5 Å². The van der Waals surface area contributed by atoms with Crippen LogP contribution in [0.1, 0.15) is 71.5 Å². The fraction of sp³-hybridized carbons (Fsp3) is 0.600. The van der Waals surface area contributed by atoms with Gasteiger partial charge in [0.1, 0.15) is 36.0 Å². The number of imidazole rings is 2. The molecule has 1 saturated heterocycles. The Balaban J connectivity index is 0.00000353. The fourth-order valence-corrected chi connectivity index (χ4v) is 6.35. The van der Waals surface area contributed by atoms with Gasteiger partial charge in [-0.25, -0.2) is 19.9 Å². The molecule has 4 atom stereocenters. The van der Waals surface area contributed by atoms with Crippen molar-refractivity contribution >= 4 is 28.0 Å². The average molecular weight is 581 g/mol. The molecule has 1 aliphatic carbocycles. The predicted molar refractivity (Wildman–Crippen MR) is 161 cm³/mol. The largest absolute Gasteiger partial charge is 0.412 e. The van der Waals surface area contributed by atoms with Crippen LogP contribution in [0.2, 0.25) is 0 Å². The van der Waals surface area contributed by atoms with Crippen LogP contribution in [0.5, 0.6) is 0 Å². The van der Waals surface area contributed by atoms with Gasteiger partial charge in [-0.15, -0.1) is 0 Å². The van der Waals surface area contributed by atoms with E-state index in [1.165, 1.54) is 18.2 Å². The number of nitrogen functional groups attached to an aromatic ring is 1. The molecule has 0 bridgehead atoms. The van der Waals surface area contributed by atoms with Crippen molar-refractivity contribution in [2.24, 2.45) is 5.92 Å². The molecule has 12 nitrogen and oxygen atoms in total. The van der Waals surface area contributed by atoms with Gasteiger partial charge >= 0.3 is 0 Å². The average Bonchev–Trinajstić information content (AvgIpc) is 3.58. The molecular formula is C30H44N8O4. The Labute approximate surface area is 245 Å². The van der Waals surface area contributed by atoms with Gasteiger partial charge in [-0.05, 0) is 62.1 Å². The van der Waals surface area contributed by atoms with Gasteiger partial charge in [-0.3, -0.25) is 9.47 Å². The maximum atomic E-state index is 10.9. The quantitative estimate of drug-likeness (QED) is 0.243. The van der Waals surface area contributed by atoms with Gasteiger partial charge in [0.25, 0.3) is 0 Å². The van der Waals surface area contributed by atoms with Crippen molar-refractivity contribution in [2.45, 2.75) is 102 Å². The summed E-state index contributed by atoms with van der Waals surface area (Å²) >= 11 is 0. The lowest BCUT2D eigenvalue weighted by atomic mass is 9.76. The highest BCUT2D eigenvalue weighted by Crippen LogP contribution is 2.38. The van der Waals surface area contributed by atoms with Gasteiger partial charge in [0.15, 0.2) is 17.7 Å². The highest BCUT2D eigenvalue weighted by atomic mass is 16.6. The number of nitrogens with zero attached hydrogens (tertiary/aromatic N) is 6. The van der Waals surface area contributed by atoms with Crippen LogP contribution in [0.25, 0.3) is 22.2 Å². The Kier molecular flexibility index (Phi) is 8.29. The van der Waals surface area contributed by atoms with Crippen LogP contribution in [0.15, 0.2) is 30.9 Å². The third kappa shape index (κ3) is 5.61. The van der Waals surface area contributed by atoms with E-state index >= 15 is 0 Å². The number of anilines is 1. The lowest BCUT2D eigenvalue weighted by Gasteiger charge is -2.46. The number of nitrogens with one attached hydrogen (secondary N) is 1. The molecule has 12 heteroatoms. The van der Waals surface area contributed by atoms with Crippen molar-refractivity contribution in [3.8, 4) is 0 Å². The summed E-state index contributed by atoms with van der Waals surface area (Å²) in [5.41, 5.74) is 10.4. The summed E-state index contributed by atoms with van der Waals surface area (Å²) in [5, 5.41) is 21.8. The van der Waals surface area contributed by atoms with Crippen molar-refractivity contribution < 1.29 is 20.4 Å². The van der Waals surface area contributed by atoms with Crippen molar-refractivity contribution in [1.82, 2.24) is 34.4 Å². The highest BCUT2D eigenvalue weighted by Gasteiger charge is 2.46. The van der Waals surface area contributed by atoms with E-state index < -0.39 is 24.5 Å². The Bertz CT molecular complexity index is 1520. The minimum absolute atomic E-state index is 0. The zero-order valence-corrected chi connectivity index (χ0v) is 25.0. The van der Waals surface area contributed by atoms with Gasteiger partial charge in [0.2, 0.25) is 0 Å². The number of H-pyrrole nitrogens is 1. The van der Waals surface area contributed by atoms with Gasteiger partial charge in [-0.2, -0.15) is 0 Å². The summed E-state index contributed by atoms with van der Waals surface area (Å²) in [6.07, 6.45) is 3.63. The van der Waals surface area contributed by atoms with E-state index in [1.807, 2.05) is 0 Å². The number of rotatable bonds is 8. The molecule has 0 amide bonds. The van der Waals surface area contributed by atoms with Crippen LogP contribution in [-0.2, 0) is 16.6 Å². The molecule has 0 unspecified atom stereocenters. The predicted octanol–water partition coefficient (Wildman–Crippen LogP) is 2.50. The Morgan fingerprint density at radius 2 is 1.90 bits per heavy atom. The van der Waals surface area contributed by atoms with Gasteiger partial charge in [0, 0.05) is 25.0 Å². The molecule has 228 valence electrons. The number of fused-ring (bicyclic) bond motifs is 2. The first-order chi connectivity index (χ1) is 19.5. The Hall–Kier alpha value is -3.16. The van der Waals surface area contributed by atoms with Crippen LogP contribution < -0.4 is 5.73 Å². The first kappa shape index (κ1) is 30.3. The van der Waals surface area contributed by atoms with Crippen molar-refractivity contribution in [1.29, 1.82) is 0 Å². The first-order valence-electron chi connectivity index (χ1n) is 14.7. The molecule has 3 aromatic heterocycles. The first-order valence-corrected chi connectivity index (χ1v) is 14.7. The number of aromatic amines is 1. The van der Waals surface area contributed by atoms with Crippen LogP contribution in [0, 0.1) is 5.92 Å². The zero-order chi connectivity index (χ0) is 29.1. The molecule has 4 heterocycles. The topological polar surface area (TPSA) is 183 Å². The molecule has 1 aliphatic heterocycles. The third-order valence-corrected chi connectivity index (χ3v) is 8.92. The second-order valence-corrected chi connectivity index (χ2v) is 13.1. The number of hydrogen-bond acceptors (Lipinski definition) is 9. The lowest BCUT2D eigenvalue weighted by Crippen LogP contribution is -2.52. The molecule has 4 aromatic rings. The number of aliphatic hydroxyl groups excluding tert-OH is 2. The fourth-order valence-electron chi connectivity index (χ4n) is 6.35. The summed E-state index contributed by atoms with van der Waals surface area (Å²) in [5.74, 6) is 1.95. The molecule has 1 saturated carbocycles. The van der Waals surface area contributed by atoms with E-state index in [0.29, 0.717) is 29.7 Å². The van der Waals surface area contributed by atoms with Gasteiger partial charge in [-0.1, -0.05) is 26.8 Å². The smallest absolute Gasteiger partial charge is 0.167 e. The normalized spacial score (nSPS) is 26.3. The molecule has 1 aromatic carbocycles. The Morgan fingerprint density at radius 1 is 1.14 bits per heavy atom. The molecule has 2 fully saturated rings. The second kappa shape index (κ2) is 11.5. The second-order valence-electron chi connectivity index (χ2n) is 13.1. The van der Waals surface area contributed by atoms with E-state index in [1.54, 1.807) is 4.57 Å². The third-order valence-electron chi connectivity index (χ3n) is 8.92. The lowest BCUT2D eigenvalue weighted by molar-refractivity contribution is -0.0620. The number of ether oxygens (including phenoxy) is 1.